The molecule has 1 atom stereocenters. The van der Waals surface area contributed by atoms with E-state index >= 15 is 0 Å². The second kappa shape index (κ2) is 7.19. The molecule has 0 aliphatic rings. The van der Waals surface area contributed by atoms with E-state index in [1.807, 2.05) is 0 Å². The van der Waals surface area contributed by atoms with Crippen LogP contribution in [0.2, 0.25) is 0 Å². The lowest BCUT2D eigenvalue weighted by Gasteiger charge is -2.12. The lowest BCUT2D eigenvalue weighted by molar-refractivity contribution is -0.139. The van der Waals surface area contributed by atoms with Crippen LogP contribution in [0.3, 0.4) is 0 Å². The highest BCUT2D eigenvalue weighted by Gasteiger charge is 2.34. The van der Waals surface area contributed by atoms with Crippen molar-refractivity contribution in [3.8, 4) is 11.1 Å². The number of benzene rings is 2. The second-order valence-corrected chi connectivity index (χ2v) is 5.27. The molecule has 7 heteroatoms. The highest BCUT2D eigenvalue weighted by molar-refractivity contribution is 6.18. The van der Waals surface area contributed by atoms with Gasteiger partial charge in [0.2, 0.25) is 0 Å². The molecule has 0 aliphatic carbocycles. The molecule has 0 spiro atoms. The third-order valence-electron chi connectivity index (χ3n) is 3.21. The van der Waals surface area contributed by atoms with Crippen LogP contribution in [-0.2, 0) is 6.18 Å². The summed E-state index contributed by atoms with van der Waals surface area (Å²) < 4.78 is 51.5. The Kier molecular flexibility index (Phi) is 5.49. The first-order chi connectivity index (χ1) is 10.8. The first kappa shape index (κ1) is 17.6. The summed E-state index contributed by atoms with van der Waals surface area (Å²) in [5.74, 6) is -1.20. The number of hydrogen-bond acceptors (Lipinski definition) is 2. The molecule has 0 radical (unpaired) electrons. The van der Waals surface area contributed by atoms with Crippen LogP contribution >= 0.6 is 11.6 Å². The minimum Gasteiger partial charge on any atom is -0.390 e. The van der Waals surface area contributed by atoms with Gasteiger partial charge in [-0.2, -0.15) is 13.2 Å². The van der Waals surface area contributed by atoms with E-state index in [1.165, 1.54) is 6.07 Å². The van der Waals surface area contributed by atoms with Gasteiger partial charge in [0.15, 0.2) is 0 Å². The molecular formula is C16H14ClF4NO. The molecule has 23 heavy (non-hydrogen) atoms. The molecule has 0 amide bonds. The van der Waals surface area contributed by atoms with Gasteiger partial charge in [0, 0.05) is 12.2 Å². The number of anilines is 1. The molecule has 2 aromatic rings. The van der Waals surface area contributed by atoms with Crippen LogP contribution < -0.4 is 5.32 Å². The van der Waals surface area contributed by atoms with Gasteiger partial charge in [0.1, 0.15) is 5.82 Å². The summed E-state index contributed by atoms with van der Waals surface area (Å²) in [5.41, 5.74) is 0.198. The molecule has 2 aromatic carbocycles. The normalized spacial score (nSPS) is 13.0. The molecule has 0 aliphatic heterocycles. The van der Waals surface area contributed by atoms with Crippen molar-refractivity contribution < 1.29 is 22.7 Å². The summed E-state index contributed by atoms with van der Waals surface area (Å²) in [5, 5.41) is 12.3. The van der Waals surface area contributed by atoms with E-state index in [1.54, 1.807) is 24.3 Å². The third kappa shape index (κ3) is 4.59. The van der Waals surface area contributed by atoms with E-state index in [4.69, 9.17) is 11.6 Å². The summed E-state index contributed by atoms with van der Waals surface area (Å²) in [6, 6.07) is 9.44. The van der Waals surface area contributed by atoms with Gasteiger partial charge in [0.05, 0.1) is 17.5 Å². The number of hydrogen-bond donors (Lipinski definition) is 2. The van der Waals surface area contributed by atoms with E-state index < -0.39 is 23.7 Å². The molecule has 0 fully saturated rings. The van der Waals surface area contributed by atoms with Gasteiger partial charge in [-0.05, 0) is 35.4 Å². The number of nitrogens with one attached hydrogen (secondary N) is 1. The van der Waals surface area contributed by atoms with Gasteiger partial charge < -0.3 is 10.4 Å². The van der Waals surface area contributed by atoms with Gasteiger partial charge in [-0.25, -0.2) is 4.39 Å². The van der Waals surface area contributed by atoms with Gasteiger partial charge in [-0.1, -0.05) is 18.2 Å². The zero-order valence-electron chi connectivity index (χ0n) is 11.9. The van der Waals surface area contributed by atoms with E-state index in [-0.39, 0.29) is 18.0 Å². The predicted octanol–water partition coefficient (Wildman–Crippen LogP) is 4.52. The topological polar surface area (TPSA) is 32.3 Å². The summed E-state index contributed by atoms with van der Waals surface area (Å²) in [6.07, 6.45) is -5.43. The molecule has 0 bridgehead atoms. The summed E-state index contributed by atoms with van der Waals surface area (Å²) in [4.78, 5) is 0. The molecular weight excluding hydrogens is 334 g/mol. The molecule has 0 aromatic heterocycles. The van der Waals surface area contributed by atoms with E-state index in [9.17, 15) is 22.7 Å². The van der Waals surface area contributed by atoms with Crippen LogP contribution in [0.15, 0.2) is 42.5 Å². The maximum absolute atomic E-state index is 13.3. The zero-order chi connectivity index (χ0) is 17.0. The standard InChI is InChI=1S/C16H14ClF4NO/c17-8-13(23)9-22-12-4-1-10(2-5-12)11-3-6-15(18)14(7-11)16(19,20)21/h1-7,13,22-23H,8-9H2. The predicted molar refractivity (Wildman–Crippen MR) is 82.1 cm³/mol. The minimum absolute atomic E-state index is 0.0981. The SMILES string of the molecule is OC(CCl)CNc1ccc(-c2ccc(F)c(C(F)(F)F)c2)cc1. The van der Waals surface area contributed by atoms with E-state index in [2.05, 4.69) is 5.32 Å². The monoisotopic (exact) mass is 347 g/mol. The maximum Gasteiger partial charge on any atom is 0.419 e. The van der Waals surface area contributed by atoms with Gasteiger partial charge in [-0.3, -0.25) is 0 Å². The first-order valence-electron chi connectivity index (χ1n) is 6.76. The largest absolute Gasteiger partial charge is 0.419 e. The molecule has 2 N–H and O–H groups in total. The quantitative estimate of drug-likeness (QED) is 0.615. The number of alkyl halides is 4. The van der Waals surface area contributed by atoms with Gasteiger partial charge >= 0.3 is 6.18 Å². The molecule has 0 heterocycles. The molecule has 0 saturated heterocycles. The van der Waals surface area contributed by atoms with Crippen LogP contribution in [0, 0.1) is 5.82 Å². The van der Waals surface area contributed by atoms with Gasteiger partial charge in [0.25, 0.3) is 0 Å². The molecule has 2 rings (SSSR count). The minimum atomic E-state index is -4.74. The smallest absolute Gasteiger partial charge is 0.390 e. The van der Waals surface area contributed by atoms with Crippen molar-refractivity contribution in [2.75, 3.05) is 17.7 Å². The average molecular weight is 348 g/mol. The number of aliphatic hydroxyl groups is 1. The molecule has 2 nitrogen and oxygen atoms in total. The van der Waals surface area contributed by atoms with Crippen molar-refractivity contribution in [3.63, 3.8) is 0 Å². The zero-order valence-corrected chi connectivity index (χ0v) is 12.6. The van der Waals surface area contributed by atoms with Crippen LogP contribution in [0.4, 0.5) is 23.2 Å². The van der Waals surface area contributed by atoms with E-state index in [0.717, 1.165) is 12.1 Å². The number of aliphatic hydroxyl groups excluding tert-OH is 1. The lowest BCUT2D eigenvalue weighted by atomic mass is 10.0. The fourth-order valence-corrected chi connectivity index (χ4v) is 2.10. The van der Waals surface area contributed by atoms with Gasteiger partial charge in [-0.15, -0.1) is 11.6 Å². The third-order valence-corrected chi connectivity index (χ3v) is 3.57. The average Bonchev–Trinajstić information content (AvgIpc) is 2.52. The van der Waals surface area contributed by atoms with Crippen molar-refractivity contribution in [2.24, 2.45) is 0 Å². The number of rotatable bonds is 5. The second-order valence-electron chi connectivity index (χ2n) is 4.96. The van der Waals surface area contributed by atoms with Crippen molar-refractivity contribution in [1.82, 2.24) is 0 Å². The Morgan fingerprint density at radius 2 is 1.65 bits per heavy atom. The molecule has 124 valence electrons. The van der Waals surface area contributed by atoms with Crippen LogP contribution in [-0.4, -0.2) is 23.6 Å². The van der Waals surface area contributed by atoms with Crippen molar-refractivity contribution in [3.05, 3.63) is 53.8 Å². The molecule has 0 saturated carbocycles. The Bertz CT molecular complexity index is 658. The molecule has 1 unspecified atom stereocenters. The summed E-state index contributed by atoms with van der Waals surface area (Å²) in [6.45, 7) is 0.262. The Morgan fingerprint density at radius 1 is 1.04 bits per heavy atom. The Labute approximate surface area is 135 Å². The van der Waals surface area contributed by atoms with Crippen LogP contribution in [0.5, 0.6) is 0 Å². The fourth-order valence-electron chi connectivity index (χ4n) is 1.99. The maximum atomic E-state index is 13.3. The van der Waals surface area contributed by atoms with Crippen molar-refractivity contribution in [1.29, 1.82) is 0 Å². The Balaban J connectivity index is 2.20. The Hall–Kier alpha value is -1.79. The lowest BCUT2D eigenvalue weighted by Crippen LogP contribution is -2.20. The highest BCUT2D eigenvalue weighted by Crippen LogP contribution is 2.34. The van der Waals surface area contributed by atoms with Crippen molar-refractivity contribution in [2.45, 2.75) is 12.3 Å². The Morgan fingerprint density at radius 3 is 2.22 bits per heavy atom. The van der Waals surface area contributed by atoms with E-state index in [0.29, 0.717) is 11.3 Å². The van der Waals surface area contributed by atoms with Crippen LogP contribution in [0.1, 0.15) is 5.56 Å². The number of halogens is 5. The summed E-state index contributed by atoms with van der Waals surface area (Å²) in [7, 11) is 0. The van der Waals surface area contributed by atoms with Crippen LogP contribution in [0.25, 0.3) is 11.1 Å². The highest BCUT2D eigenvalue weighted by atomic mass is 35.5. The van der Waals surface area contributed by atoms with Crippen molar-refractivity contribution >= 4 is 17.3 Å². The fraction of sp³-hybridized carbons (Fsp3) is 0.250. The first-order valence-corrected chi connectivity index (χ1v) is 7.30. The summed E-state index contributed by atoms with van der Waals surface area (Å²) >= 11 is 5.48.